The van der Waals surface area contributed by atoms with E-state index in [1.807, 2.05) is 44.1 Å². The van der Waals surface area contributed by atoms with Gasteiger partial charge in [-0.25, -0.2) is 9.97 Å². The van der Waals surface area contributed by atoms with Crippen LogP contribution >= 0.6 is 0 Å². The van der Waals surface area contributed by atoms with Gasteiger partial charge in [0.05, 0.1) is 18.0 Å². The fourth-order valence-corrected chi connectivity index (χ4v) is 3.41. The minimum absolute atomic E-state index is 0.144. The van der Waals surface area contributed by atoms with Crippen molar-refractivity contribution in [2.75, 3.05) is 31.1 Å². The van der Waals surface area contributed by atoms with E-state index < -0.39 is 0 Å². The lowest BCUT2D eigenvalue weighted by Gasteiger charge is -2.35. The molecule has 0 bridgehead atoms. The van der Waals surface area contributed by atoms with Crippen LogP contribution < -0.4 is 4.90 Å². The minimum atomic E-state index is 0.144. The summed E-state index contributed by atoms with van der Waals surface area (Å²) < 4.78 is 1.77. The summed E-state index contributed by atoms with van der Waals surface area (Å²) in [5.74, 6) is 1.78. The van der Waals surface area contributed by atoms with Crippen LogP contribution in [0.2, 0.25) is 0 Å². The van der Waals surface area contributed by atoms with Gasteiger partial charge in [0.2, 0.25) is 5.91 Å². The lowest BCUT2D eigenvalue weighted by Crippen LogP contribution is -2.49. The average Bonchev–Trinajstić information content (AvgIpc) is 3.04. The number of rotatable bonds is 3. The van der Waals surface area contributed by atoms with E-state index in [9.17, 15) is 4.79 Å². The maximum Gasteiger partial charge on any atom is 0.227 e. The van der Waals surface area contributed by atoms with Gasteiger partial charge in [0.25, 0.3) is 0 Å². The van der Waals surface area contributed by atoms with Crippen molar-refractivity contribution in [3.63, 3.8) is 0 Å². The zero-order chi connectivity index (χ0) is 19.0. The quantitative estimate of drug-likeness (QED) is 0.695. The van der Waals surface area contributed by atoms with Crippen LogP contribution in [0.4, 0.5) is 5.82 Å². The molecule has 0 aliphatic carbocycles. The molecule has 0 aromatic carbocycles. The molecule has 140 valence electrons. The van der Waals surface area contributed by atoms with Gasteiger partial charge < -0.3 is 9.80 Å². The van der Waals surface area contributed by atoms with Crippen LogP contribution in [0.15, 0.2) is 24.5 Å². The van der Waals surface area contributed by atoms with Gasteiger partial charge in [-0.15, -0.1) is 0 Å². The van der Waals surface area contributed by atoms with Gasteiger partial charge in [-0.2, -0.15) is 5.10 Å². The van der Waals surface area contributed by atoms with Crippen molar-refractivity contribution in [3.8, 4) is 0 Å². The molecule has 27 heavy (non-hydrogen) atoms. The monoisotopic (exact) mass is 365 g/mol. The number of amides is 1. The predicted molar refractivity (Wildman–Crippen MR) is 103 cm³/mol. The molecule has 1 aliphatic heterocycles. The van der Waals surface area contributed by atoms with E-state index >= 15 is 0 Å². The molecule has 1 aliphatic rings. The summed E-state index contributed by atoms with van der Waals surface area (Å²) in [5.41, 5.74) is 2.75. The Bertz CT molecular complexity index is 972. The maximum atomic E-state index is 12.6. The standard InChI is InChI=1S/C19H23N7O/c1-13-4-5-15(11-20-13)10-17(27)25-6-8-26(9-7-25)19-16-12-21-24(3)18(16)22-14(2)23-19/h4-5,11-12H,6-10H2,1-3H3. The van der Waals surface area contributed by atoms with Gasteiger partial charge >= 0.3 is 0 Å². The summed E-state index contributed by atoms with van der Waals surface area (Å²) in [6, 6.07) is 3.91. The summed E-state index contributed by atoms with van der Waals surface area (Å²) >= 11 is 0. The Morgan fingerprint density at radius 2 is 1.85 bits per heavy atom. The van der Waals surface area contributed by atoms with E-state index in [2.05, 4.69) is 25.0 Å². The highest BCUT2D eigenvalue weighted by Gasteiger charge is 2.24. The summed E-state index contributed by atoms with van der Waals surface area (Å²) in [6.07, 6.45) is 3.99. The molecular weight excluding hydrogens is 342 g/mol. The second-order valence-corrected chi connectivity index (χ2v) is 6.95. The molecule has 0 radical (unpaired) electrons. The zero-order valence-corrected chi connectivity index (χ0v) is 15.9. The molecule has 4 heterocycles. The molecule has 4 rings (SSSR count). The fourth-order valence-electron chi connectivity index (χ4n) is 3.41. The number of pyridine rings is 1. The third-order valence-electron chi connectivity index (χ3n) is 4.94. The highest BCUT2D eigenvalue weighted by atomic mass is 16.2. The number of piperazine rings is 1. The summed E-state index contributed by atoms with van der Waals surface area (Å²) in [5, 5.41) is 5.26. The highest BCUT2D eigenvalue weighted by molar-refractivity contribution is 5.87. The molecule has 1 fully saturated rings. The molecule has 0 spiro atoms. The van der Waals surface area contributed by atoms with Gasteiger partial charge in [0, 0.05) is 45.1 Å². The van der Waals surface area contributed by atoms with Gasteiger partial charge in [-0.1, -0.05) is 6.07 Å². The largest absolute Gasteiger partial charge is 0.352 e. The third-order valence-corrected chi connectivity index (χ3v) is 4.94. The van der Waals surface area contributed by atoms with Crippen molar-refractivity contribution >= 4 is 22.8 Å². The first kappa shape index (κ1) is 17.4. The van der Waals surface area contributed by atoms with Crippen molar-refractivity contribution in [2.45, 2.75) is 20.3 Å². The number of hydrogen-bond acceptors (Lipinski definition) is 6. The van der Waals surface area contributed by atoms with Crippen LogP contribution in [0.3, 0.4) is 0 Å². The Balaban J connectivity index is 1.44. The fraction of sp³-hybridized carbons (Fsp3) is 0.421. The molecule has 8 nitrogen and oxygen atoms in total. The van der Waals surface area contributed by atoms with Gasteiger partial charge in [0.1, 0.15) is 11.6 Å². The first-order valence-electron chi connectivity index (χ1n) is 9.12. The molecule has 0 N–H and O–H groups in total. The van der Waals surface area contributed by atoms with Gasteiger partial charge in [-0.05, 0) is 25.5 Å². The number of aryl methyl sites for hydroxylation is 3. The highest BCUT2D eigenvalue weighted by Crippen LogP contribution is 2.24. The van der Waals surface area contributed by atoms with Crippen LogP contribution in [0.25, 0.3) is 11.0 Å². The van der Waals surface area contributed by atoms with Crippen molar-refractivity contribution in [1.29, 1.82) is 0 Å². The van der Waals surface area contributed by atoms with Crippen molar-refractivity contribution < 1.29 is 4.79 Å². The van der Waals surface area contributed by atoms with Crippen LogP contribution in [-0.4, -0.2) is 61.7 Å². The Hall–Kier alpha value is -3.03. The van der Waals surface area contributed by atoms with E-state index in [-0.39, 0.29) is 5.91 Å². The zero-order valence-electron chi connectivity index (χ0n) is 15.9. The Morgan fingerprint density at radius 3 is 2.56 bits per heavy atom. The lowest BCUT2D eigenvalue weighted by molar-refractivity contribution is -0.130. The summed E-state index contributed by atoms with van der Waals surface area (Å²) in [4.78, 5) is 30.1. The maximum absolute atomic E-state index is 12.6. The molecule has 1 saturated heterocycles. The third kappa shape index (κ3) is 3.47. The van der Waals surface area contributed by atoms with E-state index in [0.717, 1.165) is 47.0 Å². The van der Waals surface area contributed by atoms with Crippen LogP contribution in [0, 0.1) is 13.8 Å². The molecule has 0 unspecified atom stereocenters. The molecule has 0 atom stereocenters. The molecule has 3 aromatic rings. The lowest BCUT2D eigenvalue weighted by atomic mass is 10.1. The smallest absolute Gasteiger partial charge is 0.227 e. The first-order chi connectivity index (χ1) is 13.0. The van der Waals surface area contributed by atoms with Crippen LogP contribution in [0.1, 0.15) is 17.1 Å². The molecular formula is C19H23N7O. The summed E-state index contributed by atoms with van der Waals surface area (Å²) in [7, 11) is 1.88. The number of carbonyl (C=O) groups is 1. The predicted octanol–water partition coefficient (Wildman–Crippen LogP) is 1.27. The van der Waals surface area contributed by atoms with Crippen molar-refractivity contribution in [3.05, 3.63) is 41.6 Å². The number of aromatic nitrogens is 5. The number of hydrogen-bond donors (Lipinski definition) is 0. The van der Waals surface area contributed by atoms with Crippen molar-refractivity contribution in [1.82, 2.24) is 29.6 Å². The van der Waals surface area contributed by atoms with Gasteiger partial charge in [0.15, 0.2) is 5.65 Å². The number of carbonyl (C=O) groups excluding carboxylic acids is 1. The Kier molecular flexibility index (Phi) is 4.47. The Morgan fingerprint density at radius 1 is 1.07 bits per heavy atom. The van der Waals surface area contributed by atoms with E-state index in [0.29, 0.717) is 19.5 Å². The number of fused-ring (bicyclic) bond motifs is 1. The molecule has 8 heteroatoms. The molecule has 0 saturated carbocycles. The topological polar surface area (TPSA) is 80.0 Å². The molecule has 1 amide bonds. The van der Waals surface area contributed by atoms with E-state index in [1.54, 1.807) is 10.9 Å². The minimum Gasteiger partial charge on any atom is -0.352 e. The Labute approximate surface area is 157 Å². The van der Waals surface area contributed by atoms with Crippen LogP contribution in [0.5, 0.6) is 0 Å². The van der Waals surface area contributed by atoms with E-state index in [1.165, 1.54) is 0 Å². The second-order valence-electron chi connectivity index (χ2n) is 6.95. The van der Waals surface area contributed by atoms with Crippen molar-refractivity contribution in [2.24, 2.45) is 7.05 Å². The first-order valence-corrected chi connectivity index (χ1v) is 9.12. The normalized spacial score (nSPS) is 14.8. The molecule has 3 aromatic heterocycles. The number of nitrogens with zero attached hydrogens (tertiary/aromatic N) is 7. The van der Waals surface area contributed by atoms with Gasteiger partial charge in [-0.3, -0.25) is 14.5 Å². The van der Waals surface area contributed by atoms with Crippen LogP contribution in [-0.2, 0) is 18.3 Å². The number of anilines is 1. The SMILES string of the molecule is Cc1ccc(CC(=O)N2CCN(c3nc(C)nc4c3cnn4C)CC2)cn1. The summed E-state index contributed by atoms with van der Waals surface area (Å²) in [6.45, 7) is 6.70. The average molecular weight is 365 g/mol. The van der Waals surface area contributed by atoms with E-state index in [4.69, 9.17) is 0 Å². The second kappa shape index (κ2) is 6.94.